The first-order chi connectivity index (χ1) is 6.24. The lowest BCUT2D eigenvalue weighted by molar-refractivity contribution is 0.706. The van der Waals surface area contributed by atoms with Crippen molar-refractivity contribution in [3.63, 3.8) is 0 Å². The molecule has 4 heteroatoms. The van der Waals surface area contributed by atoms with Gasteiger partial charge in [-0.25, -0.2) is 9.97 Å². The maximum atomic E-state index is 5.89. The third kappa shape index (κ3) is 3.49. The Morgan fingerprint density at radius 3 is 2.77 bits per heavy atom. The Bertz CT molecular complexity index is 276. The first kappa shape index (κ1) is 10.7. The summed E-state index contributed by atoms with van der Waals surface area (Å²) < 4.78 is 0. The Labute approximate surface area is 88.3 Å². The van der Waals surface area contributed by atoms with E-state index < -0.39 is 0 Å². The smallest absolute Gasteiger partial charge is 0.222 e. The number of hydrogen-bond acceptors (Lipinski definition) is 2. The summed E-state index contributed by atoms with van der Waals surface area (Å²) in [5.74, 6) is 0. The van der Waals surface area contributed by atoms with Gasteiger partial charge in [0, 0.05) is 0 Å². The second kappa shape index (κ2) is 5.40. The third-order valence-electron chi connectivity index (χ3n) is 1.80. The van der Waals surface area contributed by atoms with Crippen molar-refractivity contribution in [1.82, 2.24) is 9.97 Å². The highest BCUT2D eigenvalue weighted by Gasteiger charge is 2.03. The van der Waals surface area contributed by atoms with Gasteiger partial charge in [0.2, 0.25) is 5.28 Å². The Morgan fingerprint density at radius 1 is 1.31 bits per heavy atom. The highest BCUT2D eigenvalue weighted by Crippen LogP contribution is 2.16. The molecular weight excluding hydrogens is 207 g/mol. The van der Waals surface area contributed by atoms with E-state index >= 15 is 0 Å². The van der Waals surface area contributed by atoms with E-state index in [1.807, 2.05) is 0 Å². The number of aromatic nitrogens is 2. The van der Waals surface area contributed by atoms with E-state index in [-0.39, 0.29) is 5.28 Å². The zero-order chi connectivity index (χ0) is 9.68. The number of nitrogens with zero attached hydrogens (tertiary/aromatic N) is 2. The predicted molar refractivity (Wildman–Crippen MR) is 55.3 cm³/mol. The molecule has 0 N–H and O–H groups in total. The second-order valence-corrected chi connectivity index (χ2v) is 3.64. The molecule has 0 fully saturated rings. The summed E-state index contributed by atoms with van der Waals surface area (Å²) in [6, 6.07) is 0. The van der Waals surface area contributed by atoms with Gasteiger partial charge in [-0.05, 0) is 24.4 Å². The van der Waals surface area contributed by atoms with Crippen LogP contribution in [0, 0.1) is 0 Å². The van der Waals surface area contributed by atoms with Gasteiger partial charge < -0.3 is 0 Å². The molecule has 2 nitrogen and oxygen atoms in total. The van der Waals surface area contributed by atoms with Crippen molar-refractivity contribution in [2.45, 2.75) is 32.6 Å². The topological polar surface area (TPSA) is 25.8 Å². The van der Waals surface area contributed by atoms with Crippen LogP contribution in [-0.2, 0) is 6.42 Å². The molecule has 1 heterocycles. The highest BCUT2D eigenvalue weighted by atomic mass is 35.5. The number of hydrogen-bond donors (Lipinski definition) is 0. The molecule has 1 rings (SSSR count). The highest BCUT2D eigenvalue weighted by molar-refractivity contribution is 6.31. The van der Waals surface area contributed by atoms with Crippen molar-refractivity contribution in [3.8, 4) is 0 Å². The van der Waals surface area contributed by atoms with Crippen molar-refractivity contribution in [2.24, 2.45) is 0 Å². The van der Waals surface area contributed by atoms with Gasteiger partial charge in [0.25, 0.3) is 0 Å². The molecule has 0 saturated carbocycles. The summed E-state index contributed by atoms with van der Waals surface area (Å²) in [6.07, 6.45) is 5.92. The van der Waals surface area contributed by atoms with E-state index in [2.05, 4.69) is 16.9 Å². The molecule has 0 spiro atoms. The van der Waals surface area contributed by atoms with Gasteiger partial charge in [-0.15, -0.1) is 0 Å². The minimum Gasteiger partial charge on any atom is -0.225 e. The molecule has 1 aromatic heterocycles. The predicted octanol–water partition coefficient (Wildman–Crippen LogP) is 3.52. The molecule has 0 radical (unpaired) electrons. The number of unbranched alkanes of at least 4 members (excludes halogenated alkanes) is 2. The van der Waals surface area contributed by atoms with E-state index in [0.29, 0.717) is 5.02 Å². The molecule has 0 atom stereocenters. The quantitative estimate of drug-likeness (QED) is 0.571. The lowest BCUT2D eigenvalue weighted by atomic mass is 10.1. The molecule has 0 bridgehead atoms. The maximum absolute atomic E-state index is 5.89. The van der Waals surface area contributed by atoms with Crippen molar-refractivity contribution >= 4 is 23.2 Å². The van der Waals surface area contributed by atoms with Crippen molar-refractivity contribution < 1.29 is 0 Å². The van der Waals surface area contributed by atoms with Crippen LogP contribution in [0.1, 0.15) is 31.9 Å². The minimum atomic E-state index is 0.274. The summed E-state index contributed by atoms with van der Waals surface area (Å²) in [5, 5.41) is 0.886. The zero-order valence-electron chi connectivity index (χ0n) is 7.56. The summed E-state index contributed by atoms with van der Waals surface area (Å²) in [5.41, 5.74) is 0.857. The van der Waals surface area contributed by atoms with E-state index in [4.69, 9.17) is 23.2 Å². The van der Waals surface area contributed by atoms with Crippen LogP contribution < -0.4 is 0 Å². The van der Waals surface area contributed by atoms with Gasteiger partial charge >= 0.3 is 0 Å². The molecule has 0 amide bonds. The summed E-state index contributed by atoms with van der Waals surface area (Å²) >= 11 is 11.5. The molecular formula is C9H12Cl2N2. The van der Waals surface area contributed by atoms with Crippen LogP contribution in [0.5, 0.6) is 0 Å². The summed E-state index contributed by atoms with van der Waals surface area (Å²) in [6.45, 7) is 2.16. The lowest BCUT2D eigenvalue weighted by Crippen LogP contribution is -1.94. The van der Waals surface area contributed by atoms with Crippen molar-refractivity contribution in [1.29, 1.82) is 0 Å². The van der Waals surface area contributed by atoms with E-state index in [0.717, 1.165) is 18.5 Å². The minimum absolute atomic E-state index is 0.274. The Balaban J connectivity index is 2.59. The lowest BCUT2D eigenvalue weighted by Gasteiger charge is -2.01. The molecule has 1 aromatic rings. The average molecular weight is 219 g/mol. The molecule has 0 aliphatic rings. The molecule has 0 aromatic carbocycles. The van der Waals surface area contributed by atoms with Gasteiger partial charge in [0.15, 0.2) is 0 Å². The summed E-state index contributed by atoms with van der Waals surface area (Å²) in [4.78, 5) is 7.86. The number of rotatable bonds is 4. The van der Waals surface area contributed by atoms with Crippen LogP contribution in [0.3, 0.4) is 0 Å². The van der Waals surface area contributed by atoms with Gasteiger partial charge in [-0.2, -0.15) is 0 Å². The Hall–Kier alpha value is -0.340. The van der Waals surface area contributed by atoms with Gasteiger partial charge in [-0.1, -0.05) is 31.4 Å². The third-order valence-corrected chi connectivity index (χ3v) is 2.30. The second-order valence-electron chi connectivity index (χ2n) is 2.89. The van der Waals surface area contributed by atoms with Crippen molar-refractivity contribution in [3.05, 3.63) is 22.2 Å². The fourth-order valence-corrected chi connectivity index (χ4v) is 1.43. The van der Waals surface area contributed by atoms with Crippen LogP contribution >= 0.6 is 23.2 Å². The SMILES string of the molecule is CCCCCc1nc(Cl)ncc1Cl. The summed E-state index contributed by atoms with van der Waals surface area (Å²) in [7, 11) is 0. The Morgan fingerprint density at radius 2 is 2.08 bits per heavy atom. The van der Waals surface area contributed by atoms with Crippen LogP contribution in [0.2, 0.25) is 10.3 Å². The fourth-order valence-electron chi connectivity index (χ4n) is 1.10. The van der Waals surface area contributed by atoms with E-state index in [1.165, 1.54) is 12.8 Å². The number of aryl methyl sites for hydroxylation is 1. The molecule has 0 unspecified atom stereocenters. The van der Waals surface area contributed by atoms with Gasteiger partial charge in [-0.3, -0.25) is 0 Å². The van der Waals surface area contributed by atoms with Crippen LogP contribution in [0.15, 0.2) is 6.20 Å². The molecule has 13 heavy (non-hydrogen) atoms. The number of halogens is 2. The molecule has 0 saturated heterocycles. The average Bonchev–Trinajstić information content (AvgIpc) is 2.11. The molecule has 0 aliphatic carbocycles. The van der Waals surface area contributed by atoms with Crippen LogP contribution in [0.25, 0.3) is 0 Å². The van der Waals surface area contributed by atoms with Crippen LogP contribution in [-0.4, -0.2) is 9.97 Å². The Kier molecular flexibility index (Phi) is 4.46. The monoisotopic (exact) mass is 218 g/mol. The standard InChI is InChI=1S/C9H12Cl2N2/c1-2-3-4-5-8-7(10)6-12-9(11)13-8/h6H,2-5H2,1H3. The van der Waals surface area contributed by atoms with Crippen LogP contribution in [0.4, 0.5) is 0 Å². The molecule has 0 aliphatic heterocycles. The first-order valence-corrected chi connectivity index (χ1v) is 5.16. The van der Waals surface area contributed by atoms with Gasteiger partial charge in [0.1, 0.15) is 0 Å². The van der Waals surface area contributed by atoms with E-state index in [1.54, 1.807) is 6.20 Å². The van der Waals surface area contributed by atoms with Crippen molar-refractivity contribution in [2.75, 3.05) is 0 Å². The van der Waals surface area contributed by atoms with E-state index in [9.17, 15) is 0 Å². The largest absolute Gasteiger partial charge is 0.225 e. The first-order valence-electron chi connectivity index (χ1n) is 4.41. The maximum Gasteiger partial charge on any atom is 0.222 e. The fraction of sp³-hybridized carbons (Fsp3) is 0.556. The normalized spacial score (nSPS) is 10.4. The molecule has 72 valence electrons. The van der Waals surface area contributed by atoms with Gasteiger partial charge in [0.05, 0.1) is 16.9 Å². The zero-order valence-corrected chi connectivity index (χ0v) is 9.07.